The first kappa shape index (κ1) is 23.5. The number of amides is 1. The predicted octanol–water partition coefficient (Wildman–Crippen LogP) is 3.54. The lowest BCUT2D eigenvalue weighted by Crippen LogP contribution is -2.33. The quantitative estimate of drug-likeness (QED) is 0.481. The largest absolute Gasteiger partial charge is 0.491 e. The van der Waals surface area contributed by atoms with Crippen LogP contribution in [-0.4, -0.2) is 55.8 Å². The molecule has 0 saturated heterocycles. The Morgan fingerprint density at radius 1 is 1.22 bits per heavy atom. The van der Waals surface area contributed by atoms with Crippen LogP contribution in [0.25, 0.3) is 11.2 Å². The van der Waals surface area contributed by atoms with Crippen LogP contribution in [0.1, 0.15) is 31.5 Å². The number of nitrogens with zero attached hydrogens (tertiary/aromatic N) is 5. The van der Waals surface area contributed by atoms with E-state index in [0.717, 1.165) is 24.2 Å². The van der Waals surface area contributed by atoms with E-state index in [1.807, 2.05) is 29.8 Å². The van der Waals surface area contributed by atoms with Gasteiger partial charge in [0.1, 0.15) is 29.1 Å². The fourth-order valence-electron chi connectivity index (χ4n) is 4.70. The molecule has 1 atom stereocenters. The molecule has 37 heavy (non-hydrogen) atoms. The highest BCUT2D eigenvalue weighted by Gasteiger charge is 2.31. The van der Waals surface area contributed by atoms with Crippen molar-refractivity contribution in [3.05, 3.63) is 53.8 Å². The molecule has 0 radical (unpaired) electrons. The van der Waals surface area contributed by atoms with Crippen molar-refractivity contribution in [3.8, 4) is 17.2 Å². The monoisotopic (exact) mass is 502 g/mol. The molecule has 0 aromatic carbocycles. The fraction of sp³-hybridized carbons (Fsp3) is 0.407. The molecule has 192 valence electrons. The van der Waals surface area contributed by atoms with Crippen LogP contribution in [0.5, 0.6) is 17.2 Å². The second-order valence-corrected chi connectivity index (χ2v) is 10.00. The molecule has 1 unspecified atom stereocenters. The van der Waals surface area contributed by atoms with Gasteiger partial charge in [-0.15, -0.1) is 0 Å². The molecule has 1 amide bonds. The number of aromatic nitrogens is 4. The SMILES string of the molecule is COc1c(Oc2ccnc(NC(=O)C3CC3)c2)cnc2nc(CC3=CC(C4CC4)=CN(C)C3O)n(C)c12. The summed E-state index contributed by atoms with van der Waals surface area (Å²) in [6.07, 6.45) is 11.3. The smallest absolute Gasteiger partial charge is 0.228 e. The van der Waals surface area contributed by atoms with Crippen molar-refractivity contribution in [2.75, 3.05) is 19.5 Å². The van der Waals surface area contributed by atoms with Crippen LogP contribution in [0.4, 0.5) is 5.82 Å². The minimum Gasteiger partial charge on any atom is -0.491 e. The van der Waals surface area contributed by atoms with Gasteiger partial charge >= 0.3 is 0 Å². The highest BCUT2D eigenvalue weighted by Crippen LogP contribution is 2.41. The number of anilines is 1. The van der Waals surface area contributed by atoms with Gasteiger partial charge in [-0.05, 0) is 48.8 Å². The van der Waals surface area contributed by atoms with Gasteiger partial charge < -0.3 is 29.4 Å². The molecule has 0 spiro atoms. The number of pyridine rings is 2. The minimum absolute atomic E-state index is 0.0168. The zero-order valence-electron chi connectivity index (χ0n) is 21.1. The maximum Gasteiger partial charge on any atom is 0.228 e. The van der Waals surface area contributed by atoms with Crippen molar-refractivity contribution < 1.29 is 19.4 Å². The molecule has 6 rings (SSSR count). The standard InChI is InChI=1S/C27H30N6O4/c1-32-14-18(15-4-5-15)10-17(27(32)35)11-22-31-25-23(33(22)2)24(36-3)20(13-29-25)37-19-8-9-28-21(12-19)30-26(34)16-6-7-16/h8-10,12-16,27,35H,4-7,11H2,1-3H3,(H,28,30,34). The number of hydrogen-bond donors (Lipinski definition) is 2. The normalized spacial score (nSPS) is 19.5. The molecule has 4 heterocycles. The molecule has 1 aliphatic heterocycles. The molecule has 3 aliphatic rings. The lowest BCUT2D eigenvalue weighted by molar-refractivity contribution is -0.117. The van der Waals surface area contributed by atoms with E-state index in [1.54, 1.807) is 31.6 Å². The fourth-order valence-corrected chi connectivity index (χ4v) is 4.70. The van der Waals surface area contributed by atoms with E-state index in [0.29, 0.717) is 46.6 Å². The maximum atomic E-state index is 12.1. The Bertz CT molecular complexity index is 1440. The molecular formula is C27H30N6O4. The zero-order valence-corrected chi connectivity index (χ0v) is 21.1. The van der Waals surface area contributed by atoms with Crippen LogP contribution in [-0.2, 0) is 18.3 Å². The number of carbonyl (C=O) groups excluding carboxylic acids is 1. The molecule has 2 aliphatic carbocycles. The number of ether oxygens (including phenoxy) is 2. The van der Waals surface area contributed by atoms with E-state index in [2.05, 4.69) is 21.4 Å². The number of methoxy groups -OCH3 is 1. The molecule has 3 aromatic heterocycles. The summed E-state index contributed by atoms with van der Waals surface area (Å²) < 4.78 is 13.8. The second-order valence-electron chi connectivity index (χ2n) is 10.00. The maximum absolute atomic E-state index is 12.1. The summed E-state index contributed by atoms with van der Waals surface area (Å²) in [5.41, 5.74) is 3.39. The summed E-state index contributed by atoms with van der Waals surface area (Å²) in [6, 6.07) is 3.39. The topological polar surface area (TPSA) is 115 Å². The molecular weight excluding hydrogens is 472 g/mol. The number of aliphatic hydroxyl groups is 1. The molecule has 2 N–H and O–H groups in total. The van der Waals surface area contributed by atoms with Crippen molar-refractivity contribution in [1.82, 2.24) is 24.4 Å². The van der Waals surface area contributed by atoms with Gasteiger partial charge in [0.25, 0.3) is 0 Å². The number of imidazole rings is 1. The Balaban J connectivity index is 1.28. The van der Waals surface area contributed by atoms with Crippen molar-refractivity contribution in [2.45, 2.75) is 38.3 Å². The van der Waals surface area contributed by atoms with Crippen molar-refractivity contribution >= 4 is 22.9 Å². The van der Waals surface area contributed by atoms with Gasteiger partial charge in [0.2, 0.25) is 5.91 Å². The van der Waals surface area contributed by atoms with Gasteiger partial charge in [0.05, 0.1) is 13.3 Å². The van der Waals surface area contributed by atoms with Crippen molar-refractivity contribution in [1.29, 1.82) is 0 Å². The summed E-state index contributed by atoms with van der Waals surface area (Å²) in [5, 5.41) is 13.6. The molecule has 3 aromatic rings. The lowest BCUT2D eigenvalue weighted by atomic mass is 10.0. The molecule has 2 saturated carbocycles. The van der Waals surface area contributed by atoms with E-state index >= 15 is 0 Å². The molecule has 10 nitrogen and oxygen atoms in total. The Kier molecular flexibility index (Phi) is 5.83. The van der Waals surface area contributed by atoms with E-state index in [-0.39, 0.29) is 11.8 Å². The number of aryl methyl sites for hydroxylation is 1. The molecule has 2 fully saturated rings. The van der Waals surface area contributed by atoms with Crippen LogP contribution in [0.3, 0.4) is 0 Å². The lowest BCUT2D eigenvalue weighted by Gasteiger charge is -2.29. The van der Waals surface area contributed by atoms with E-state index in [9.17, 15) is 9.90 Å². The highest BCUT2D eigenvalue weighted by molar-refractivity contribution is 5.93. The van der Waals surface area contributed by atoms with Gasteiger partial charge in [0.15, 0.2) is 17.1 Å². The highest BCUT2D eigenvalue weighted by atomic mass is 16.5. The summed E-state index contributed by atoms with van der Waals surface area (Å²) in [6.45, 7) is 0. The first-order valence-electron chi connectivity index (χ1n) is 12.6. The summed E-state index contributed by atoms with van der Waals surface area (Å²) in [7, 11) is 5.38. The second kappa shape index (κ2) is 9.19. The number of nitrogens with one attached hydrogen (secondary N) is 1. The number of hydrogen-bond acceptors (Lipinski definition) is 8. The van der Waals surface area contributed by atoms with Gasteiger partial charge in [0, 0.05) is 44.9 Å². The summed E-state index contributed by atoms with van der Waals surface area (Å²) in [4.78, 5) is 27.5. The Labute approximate surface area is 214 Å². The Morgan fingerprint density at radius 3 is 2.76 bits per heavy atom. The average molecular weight is 503 g/mol. The molecule has 10 heteroatoms. The van der Waals surface area contributed by atoms with Gasteiger partial charge in [-0.25, -0.2) is 15.0 Å². The summed E-state index contributed by atoms with van der Waals surface area (Å²) >= 11 is 0. The van der Waals surface area contributed by atoms with Crippen LogP contribution in [0.15, 0.2) is 47.9 Å². The summed E-state index contributed by atoms with van der Waals surface area (Å²) in [5.74, 6) is 3.28. The average Bonchev–Trinajstić information content (AvgIpc) is 3.80. The Morgan fingerprint density at radius 2 is 2.03 bits per heavy atom. The predicted molar refractivity (Wildman–Crippen MR) is 137 cm³/mol. The van der Waals surface area contributed by atoms with Gasteiger partial charge in [-0.2, -0.15) is 0 Å². The minimum atomic E-state index is -0.697. The number of allylic oxidation sites excluding steroid dienone is 2. The van der Waals surface area contributed by atoms with E-state index < -0.39 is 6.23 Å². The number of fused-ring (bicyclic) bond motifs is 1. The molecule has 0 bridgehead atoms. The first-order chi connectivity index (χ1) is 17.9. The van der Waals surface area contributed by atoms with Crippen LogP contribution in [0.2, 0.25) is 0 Å². The number of aliphatic hydroxyl groups excluding tert-OH is 1. The zero-order chi connectivity index (χ0) is 25.7. The van der Waals surface area contributed by atoms with Crippen LogP contribution < -0.4 is 14.8 Å². The van der Waals surface area contributed by atoms with Crippen molar-refractivity contribution in [2.24, 2.45) is 18.9 Å². The Hall–Kier alpha value is -3.92. The van der Waals surface area contributed by atoms with E-state index in [4.69, 9.17) is 14.5 Å². The number of rotatable bonds is 8. The third kappa shape index (κ3) is 4.64. The van der Waals surface area contributed by atoms with Crippen LogP contribution >= 0.6 is 0 Å². The number of carbonyl (C=O) groups is 1. The van der Waals surface area contributed by atoms with Crippen LogP contribution in [0, 0.1) is 11.8 Å². The van der Waals surface area contributed by atoms with Gasteiger partial charge in [-0.1, -0.05) is 6.08 Å². The third-order valence-corrected chi connectivity index (χ3v) is 7.11. The first-order valence-corrected chi connectivity index (χ1v) is 12.6. The van der Waals surface area contributed by atoms with Crippen molar-refractivity contribution in [3.63, 3.8) is 0 Å². The van der Waals surface area contributed by atoms with E-state index in [1.165, 1.54) is 18.4 Å². The third-order valence-electron chi connectivity index (χ3n) is 7.11. The van der Waals surface area contributed by atoms with Gasteiger partial charge in [-0.3, -0.25) is 4.79 Å². The number of likely N-dealkylation sites (N-methyl/N-ethyl adjacent to an activating group) is 1.